The average Bonchev–Trinajstić information content (AvgIpc) is 3.08. The van der Waals surface area contributed by atoms with Crippen molar-refractivity contribution in [3.63, 3.8) is 0 Å². The summed E-state index contributed by atoms with van der Waals surface area (Å²) in [6.45, 7) is 2.01. The quantitative estimate of drug-likeness (QED) is 0.291. The summed E-state index contributed by atoms with van der Waals surface area (Å²) in [4.78, 5) is 36.1. The van der Waals surface area contributed by atoms with Crippen LogP contribution in [0.25, 0.3) is 6.08 Å². The second kappa shape index (κ2) is 6.89. The summed E-state index contributed by atoms with van der Waals surface area (Å²) >= 11 is 5.11. The van der Waals surface area contributed by atoms with E-state index in [2.05, 4.69) is 5.32 Å². The molecule has 132 valence electrons. The summed E-state index contributed by atoms with van der Waals surface area (Å²) in [7, 11) is 0. The van der Waals surface area contributed by atoms with E-state index in [9.17, 15) is 19.7 Å². The molecular formula is C17H13N3O5S. The van der Waals surface area contributed by atoms with Crippen molar-refractivity contribution in [2.45, 2.75) is 13.3 Å². The molecule has 8 nitrogen and oxygen atoms in total. The zero-order valence-corrected chi connectivity index (χ0v) is 14.4. The molecule has 0 unspecified atom stereocenters. The molecule has 0 radical (unpaired) electrons. The van der Waals surface area contributed by atoms with Crippen LogP contribution in [0.1, 0.15) is 18.2 Å². The number of furan rings is 1. The van der Waals surface area contributed by atoms with E-state index in [-0.39, 0.29) is 16.4 Å². The topological polar surface area (TPSA) is 106 Å². The Morgan fingerprint density at radius 3 is 2.50 bits per heavy atom. The predicted octanol–water partition coefficient (Wildman–Crippen LogP) is 2.58. The molecule has 0 saturated carbocycles. The highest BCUT2D eigenvalue weighted by Gasteiger charge is 2.34. The molecule has 1 N–H and O–H groups in total. The van der Waals surface area contributed by atoms with Crippen molar-refractivity contribution in [2.24, 2.45) is 0 Å². The highest BCUT2D eigenvalue weighted by Crippen LogP contribution is 2.24. The maximum atomic E-state index is 12.8. The van der Waals surface area contributed by atoms with E-state index >= 15 is 0 Å². The molecule has 1 saturated heterocycles. The number of hydrogen-bond donors (Lipinski definition) is 1. The number of nitrogens with one attached hydrogen (secondary N) is 1. The maximum Gasteiger partial charge on any atom is 0.433 e. The van der Waals surface area contributed by atoms with Crippen LogP contribution in [0, 0.1) is 10.1 Å². The van der Waals surface area contributed by atoms with Crippen LogP contribution in [0.4, 0.5) is 11.6 Å². The van der Waals surface area contributed by atoms with E-state index in [1.807, 2.05) is 19.1 Å². The first-order valence-corrected chi connectivity index (χ1v) is 8.06. The zero-order valence-electron chi connectivity index (χ0n) is 13.6. The van der Waals surface area contributed by atoms with Crippen LogP contribution in [-0.4, -0.2) is 21.9 Å². The Hall–Kier alpha value is -3.33. The molecule has 1 aromatic heterocycles. The van der Waals surface area contributed by atoms with Gasteiger partial charge in [0.05, 0.1) is 11.8 Å². The lowest BCUT2D eigenvalue weighted by atomic mass is 10.1. The minimum absolute atomic E-state index is 0.0179. The van der Waals surface area contributed by atoms with Gasteiger partial charge in [-0.15, -0.1) is 0 Å². The first-order chi connectivity index (χ1) is 12.4. The predicted molar refractivity (Wildman–Crippen MR) is 97.4 cm³/mol. The van der Waals surface area contributed by atoms with E-state index in [0.717, 1.165) is 24.1 Å². The normalized spacial score (nSPS) is 16.1. The van der Waals surface area contributed by atoms with Gasteiger partial charge in [0.25, 0.3) is 11.8 Å². The van der Waals surface area contributed by atoms with Crippen LogP contribution in [-0.2, 0) is 16.0 Å². The number of nitrogens with zero attached hydrogens (tertiary/aromatic N) is 2. The molecule has 2 heterocycles. The van der Waals surface area contributed by atoms with Gasteiger partial charge in [0.2, 0.25) is 0 Å². The lowest BCUT2D eigenvalue weighted by Gasteiger charge is -2.28. The molecule has 0 atom stereocenters. The fourth-order valence-corrected chi connectivity index (χ4v) is 2.71. The van der Waals surface area contributed by atoms with E-state index in [1.54, 1.807) is 12.1 Å². The Balaban J connectivity index is 1.96. The Morgan fingerprint density at radius 1 is 1.23 bits per heavy atom. The fourth-order valence-electron chi connectivity index (χ4n) is 2.43. The third-order valence-electron chi connectivity index (χ3n) is 3.78. The molecule has 0 aliphatic carbocycles. The summed E-state index contributed by atoms with van der Waals surface area (Å²) in [6, 6.07) is 9.63. The molecular weight excluding hydrogens is 358 g/mol. The van der Waals surface area contributed by atoms with E-state index in [4.69, 9.17) is 16.6 Å². The third kappa shape index (κ3) is 3.24. The minimum atomic E-state index is -0.707. The van der Waals surface area contributed by atoms with Crippen LogP contribution >= 0.6 is 12.2 Å². The Morgan fingerprint density at radius 2 is 1.92 bits per heavy atom. The van der Waals surface area contributed by atoms with Gasteiger partial charge in [-0.25, -0.2) is 0 Å². The SMILES string of the molecule is CCc1ccc(N2C(=O)C(=Cc3ccc([N+](=O)[O-])o3)C(=O)NC2=S)cc1. The van der Waals surface area contributed by atoms with Crippen molar-refractivity contribution < 1.29 is 18.9 Å². The van der Waals surface area contributed by atoms with Gasteiger partial charge in [-0.05, 0) is 48.5 Å². The Labute approximate surface area is 153 Å². The monoisotopic (exact) mass is 371 g/mol. The van der Waals surface area contributed by atoms with Gasteiger partial charge < -0.3 is 4.42 Å². The van der Waals surface area contributed by atoms with Gasteiger partial charge >= 0.3 is 5.88 Å². The summed E-state index contributed by atoms with van der Waals surface area (Å²) in [5.74, 6) is -1.80. The van der Waals surface area contributed by atoms with Crippen molar-refractivity contribution in [3.05, 3.63) is 63.4 Å². The molecule has 3 rings (SSSR count). The van der Waals surface area contributed by atoms with E-state index in [0.29, 0.717) is 5.69 Å². The number of carbonyl (C=O) groups is 2. The molecule has 1 aromatic carbocycles. The van der Waals surface area contributed by atoms with Crippen molar-refractivity contribution in [1.82, 2.24) is 5.32 Å². The van der Waals surface area contributed by atoms with Crippen molar-refractivity contribution in [2.75, 3.05) is 4.90 Å². The first-order valence-electron chi connectivity index (χ1n) is 7.65. The number of amides is 2. The number of thiocarbonyl (C=S) groups is 1. The van der Waals surface area contributed by atoms with Crippen molar-refractivity contribution in [1.29, 1.82) is 0 Å². The lowest BCUT2D eigenvalue weighted by Crippen LogP contribution is -2.54. The summed E-state index contributed by atoms with van der Waals surface area (Å²) < 4.78 is 4.98. The number of nitro groups is 1. The van der Waals surface area contributed by atoms with E-state index < -0.39 is 22.6 Å². The summed E-state index contributed by atoms with van der Waals surface area (Å²) in [5.41, 5.74) is 1.36. The lowest BCUT2D eigenvalue weighted by molar-refractivity contribution is -0.402. The molecule has 0 bridgehead atoms. The molecule has 2 amide bonds. The molecule has 1 aliphatic heterocycles. The number of benzene rings is 1. The average molecular weight is 371 g/mol. The molecule has 0 spiro atoms. The smallest absolute Gasteiger partial charge is 0.401 e. The van der Waals surface area contributed by atoms with Crippen LogP contribution in [0.3, 0.4) is 0 Å². The van der Waals surface area contributed by atoms with Gasteiger partial charge in [0.1, 0.15) is 16.3 Å². The number of anilines is 1. The highest BCUT2D eigenvalue weighted by molar-refractivity contribution is 7.80. The fraction of sp³-hybridized carbons (Fsp3) is 0.118. The highest BCUT2D eigenvalue weighted by atomic mass is 32.1. The van der Waals surface area contributed by atoms with Gasteiger partial charge in [0, 0.05) is 0 Å². The summed E-state index contributed by atoms with van der Waals surface area (Å²) in [5, 5.41) is 13.1. The number of hydrogen-bond acceptors (Lipinski definition) is 6. The maximum absolute atomic E-state index is 12.8. The molecule has 1 aliphatic rings. The molecule has 2 aromatic rings. The molecule has 9 heteroatoms. The second-order valence-electron chi connectivity index (χ2n) is 5.41. The first kappa shape index (κ1) is 17.5. The Kier molecular flexibility index (Phi) is 4.63. The van der Waals surface area contributed by atoms with Crippen molar-refractivity contribution >= 4 is 46.8 Å². The summed E-state index contributed by atoms with van der Waals surface area (Å²) in [6.07, 6.45) is 2.00. The van der Waals surface area contributed by atoms with Gasteiger partial charge in [-0.1, -0.05) is 19.1 Å². The largest absolute Gasteiger partial charge is 0.433 e. The molecule has 1 fully saturated rings. The minimum Gasteiger partial charge on any atom is -0.401 e. The second-order valence-corrected chi connectivity index (χ2v) is 5.80. The van der Waals surface area contributed by atoms with Gasteiger partial charge in [-0.3, -0.25) is 29.9 Å². The van der Waals surface area contributed by atoms with Crippen LogP contribution in [0.2, 0.25) is 0 Å². The molecule has 26 heavy (non-hydrogen) atoms. The third-order valence-corrected chi connectivity index (χ3v) is 4.07. The van der Waals surface area contributed by atoms with Crippen molar-refractivity contribution in [3.8, 4) is 0 Å². The van der Waals surface area contributed by atoms with E-state index in [1.165, 1.54) is 11.0 Å². The Bertz CT molecular complexity index is 946. The van der Waals surface area contributed by atoms with Gasteiger partial charge in [-0.2, -0.15) is 0 Å². The number of carbonyl (C=O) groups excluding carboxylic acids is 2. The van der Waals surface area contributed by atoms with Crippen LogP contribution in [0.15, 0.2) is 46.4 Å². The van der Waals surface area contributed by atoms with Crippen LogP contribution in [0.5, 0.6) is 0 Å². The van der Waals surface area contributed by atoms with Gasteiger partial charge in [0.15, 0.2) is 5.11 Å². The number of rotatable bonds is 4. The zero-order chi connectivity index (χ0) is 18.8. The number of aryl methyl sites for hydroxylation is 1. The standard InChI is InChI=1S/C17H13N3O5S/c1-2-10-3-5-11(6-4-10)19-16(22)13(15(21)18-17(19)26)9-12-7-8-14(25-12)20(23)24/h3-9H,2H2,1H3,(H,18,21,26). The van der Waals surface area contributed by atoms with Crippen LogP contribution < -0.4 is 10.2 Å².